The molecule has 0 spiro atoms. The second kappa shape index (κ2) is 3.88. The van der Waals surface area contributed by atoms with E-state index in [0.29, 0.717) is 4.48 Å². The minimum absolute atomic E-state index is 0.148. The Labute approximate surface area is 91.7 Å². The van der Waals surface area contributed by atoms with Gasteiger partial charge in [0, 0.05) is 13.5 Å². The molecule has 7 heteroatoms. The molecule has 0 unspecified atom stereocenters. The molecule has 0 radical (unpaired) electrons. The first-order valence-electron chi connectivity index (χ1n) is 3.92. The van der Waals surface area contributed by atoms with Crippen LogP contribution < -0.4 is 5.56 Å². The maximum atomic E-state index is 12.5. The number of nitrogens with zero attached hydrogens (tertiary/aromatic N) is 1. The zero-order valence-electron chi connectivity index (χ0n) is 7.78. The Morgan fingerprint density at radius 1 is 1.60 bits per heavy atom. The lowest BCUT2D eigenvalue weighted by Crippen LogP contribution is -2.16. The molecule has 0 aliphatic carbocycles. The maximum absolute atomic E-state index is 12.5. The van der Waals surface area contributed by atoms with E-state index in [1.807, 2.05) is 5.10 Å². The van der Waals surface area contributed by atoms with Crippen LogP contribution >= 0.6 is 15.9 Å². The van der Waals surface area contributed by atoms with E-state index in [1.54, 1.807) is 0 Å². The summed E-state index contributed by atoms with van der Waals surface area (Å²) in [5.74, 6) is 0. The van der Waals surface area contributed by atoms with E-state index in [-0.39, 0.29) is 12.0 Å². The Hall–Kier alpha value is -0.980. The van der Waals surface area contributed by atoms with Gasteiger partial charge in [0.15, 0.2) is 0 Å². The largest absolute Gasteiger partial charge is 0.433 e. The van der Waals surface area contributed by atoms with Crippen LogP contribution in [0.15, 0.2) is 15.9 Å². The third-order valence-electron chi connectivity index (χ3n) is 1.80. The average molecular weight is 285 g/mol. The lowest BCUT2D eigenvalue weighted by Gasteiger charge is -2.05. The van der Waals surface area contributed by atoms with E-state index < -0.39 is 17.4 Å². The normalized spacial score (nSPS) is 11.8. The molecule has 0 aliphatic heterocycles. The van der Waals surface area contributed by atoms with Gasteiger partial charge in [-0.2, -0.15) is 13.2 Å². The fourth-order valence-electron chi connectivity index (χ4n) is 1.19. The molecule has 0 amide bonds. The van der Waals surface area contributed by atoms with Crippen LogP contribution in [0.4, 0.5) is 13.2 Å². The van der Waals surface area contributed by atoms with Crippen molar-refractivity contribution in [2.24, 2.45) is 7.05 Å². The highest BCUT2D eigenvalue weighted by atomic mass is 79.9. The first-order valence-corrected chi connectivity index (χ1v) is 4.71. The lowest BCUT2D eigenvalue weighted by atomic mass is 10.2. The summed E-state index contributed by atoms with van der Waals surface area (Å²) in [5.41, 5.74) is -2.04. The molecule has 84 valence electrons. The molecule has 0 saturated carbocycles. The molecule has 0 aliphatic rings. The highest BCUT2D eigenvalue weighted by Gasteiger charge is 2.37. The number of nitrogens with one attached hydrogen (secondary N) is 1. The second-order valence-electron chi connectivity index (χ2n) is 3.02. The molecular formula is C8H8BrF3N2O. The number of aromatic nitrogens is 2. The third kappa shape index (κ3) is 2.53. The molecule has 1 rings (SSSR count). The second-order valence-corrected chi connectivity index (χ2v) is 4.14. The zero-order chi connectivity index (χ0) is 11.8. The van der Waals surface area contributed by atoms with Crippen molar-refractivity contribution in [3.63, 3.8) is 0 Å². The van der Waals surface area contributed by atoms with E-state index >= 15 is 0 Å². The monoisotopic (exact) mass is 284 g/mol. The van der Waals surface area contributed by atoms with Crippen molar-refractivity contribution in [1.29, 1.82) is 0 Å². The molecule has 0 bridgehead atoms. The Balaban J connectivity index is 3.34. The first kappa shape index (κ1) is 12.1. The lowest BCUT2D eigenvalue weighted by molar-refractivity contribution is -0.142. The molecule has 0 atom stereocenters. The Morgan fingerprint density at radius 2 is 2.13 bits per heavy atom. The van der Waals surface area contributed by atoms with Crippen molar-refractivity contribution in [3.05, 3.63) is 32.7 Å². The number of aromatic amines is 1. The molecule has 0 aromatic carbocycles. The van der Waals surface area contributed by atoms with E-state index in [1.165, 1.54) is 7.05 Å². The number of halogens is 4. The molecule has 1 aromatic heterocycles. The minimum Gasteiger partial charge on any atom is -0.291 e. The quantitative estimate of drug-likeness (QED) is 0.888. The van der Waals surface area contributed by atoms with Crippen molar-refractivity contribution in [1.82, 2.24) is 9.78 Å². The van der Waals surface area contributed by atoms with E-state index in [4.69, 9.17) is 0 Å². The topological polar surface area (TPSA) is 37.8 Å². The fourth-order valence-corrected chi connectivity index (χ4v) is 1.47. The summed E-state index contributed by atoms with van der Waals surface area (Å²) in [6.45, 7) is 3.41. The number of hydrogen-bond donors (Lipinski definition) is 1. The van der Waals surface area contributed by atoms with Gasteiger partial charge in [-0.1, -0.05) is 22.5 Å². The number of rotatable bonds is 2. The predicted molar refractivity (Wildman–Crippen MR) is 52.8 cm³/mol. The number of allylic oxidation sites excluding steroid dienone is 1. The average Bonchev–Trinajstić information content (AvgIpc) is 2.30. The van der Waals surface area contributed by atoms with Crippen molar-refractivity contribution >= 4 is 15.9 Å². The minimum atomic E-state index is -4.56. The van der Waals surface area contributed by atoms with Gasteiger partial charge in [-0.15, -0.1) is 0 Å². The van der Waals surface area contributed by atoms with Gasteiger partial charge < -0.3 is 0 Å². The van der Waals surface area contributed by atoms with Crippen molar-refractivity contribution in [2.75, 3.05) is 0 Å². The summed E-state index contributed by atoms with van der Waals surface area (Å²) >= 11 is 2.93. The smallest absolute Gasteiger partial charge is 0.291 e. The van der Waals surface area contributed by atoms with E-state index in [2.05, 4.69) is 22.5 Å². The summed E-state index contributed by atoms with van der Waals surface area (Å²) in [6.07, 6.45) is -4.71. The molecule has 1 N–H and O–H groups in total. The van der Waals surface area contributed by atoms with Gasteiger partial charge in [-0.25, -0.2) is 0 Å². The van der Waals surface area contributed by atoms with Crippen LogP contribution in [0.2, 0.25) is 0 Å². The van der Waals surface area contributed by atoms with Crippen LogP contribution in [-0.4, -0.2) is 9.78 Å². The highest BCUT2D eigenvalue weighted by Crippen LogP contribution is 2.30. The Kier molecular flexibility index (Phi) is 3.13. The van der Waals surface area contributed by atoms with Crippen molar-refractivity contribution in [3.8, 4) is 0 Å². The number of hydrogen-bond acceptors (Lipinski definition) is 1. The summed E-state index contributed by atoms with van der Waals surface area (Å²) in [6, 6.07) is 0. The molecule has 15 heavy (non-hydrogen) atoms. The number of alkyl halides is 3. The van der Waals surface area contributed by atoms with E-state index in [0.717, 1.165) is 4.68 Å². The molecule has 1 aromatic rings. The molecule has 0 fully saturated rings. The number of aryl methyl sites for hydroxylation is 1. The highest BCUT2D eigenvalue weighted by molar-refractivity contribution is 9.11. The number of H-pyrrole nitrogens is 1. The molecule has 1 heterocycles. The standard InChI is InChI=1S/C8H8BrF3N2O/c1-4(9)3-5-6(8(10,11)12)13-14(2)7(5)15/h13H,1,3H2,2H3. The van der Waals surface area contributed by atoms with Crippen LogP contribution in [0.25, 0.3) is 0 Å². The van der Waals surface area contributed by atoms with Crippen LogP contribution in [0.3, 0.4) is 0 Å². The molecule has 3 nitrogen and oxygen atoms in total. The summed E-state index contributed by atoms with van der Waals surface area (Å²) < 4.78 is 38.5. The zero-order valence-corrected chi connectivity index (χ0v) is 9.37. The van der Waals surface area contributed by atoms with Gasteiger partial charge in [-0.3, -0.25) is 14.6 Å². The Bertz CT molecular complexity index is 444. The first-order chi connectivity index (χ1) is 6.73. The van der Waals surface area contributed by atoms with Crippen LogP contribution in [0.5, 0.6) is 0 Å². The van der Waals surface area contributed by atoms with Crippen molar-refractivity contribution < 1.29 is 13.2 Å². The van der Waals surface area contributed by atoms with E-state index in [9.17, 15) is 18.0 Å². The Morgan fingerprint density at radius 3 is 2.53 bits per heavy atom. The predicted octanol–water partition coefficient (Wildman–Crippen LogP) is 2.18. The SMILES string of the molecule is C=C(Br)Cc1c(C(F)(F)F)[nH]n(C)c1=O. The summed E-state index contributed by atoms with van der Waals surface area (Å²) in [5, 5.41) is 1.98. The van der Waals surface area contributed by atoms with Gasteiger partial charge in [0.2, 0.25) is 0 Å². The molecule has 0 saturated heterocycles. The fraction of sp³-hybridized carbons (Fsp3) is 0.375. The van der Waals surface area contributed by atoms with Gasteiger partial charge in [0.25, 0.3) is 5.56 Å². The summed E-state index contributed by atoms with van der Waals surface area (Å²) in [4.78, 5) is 11.3. The third-order valence-corrected chi connectivity index (χ3v) is 2.08. The van der Waals surface area contributed by atoms with Gasteiger partial charge in [0.05, 0.1) is 5.56 Å². The summed E-state index contributed by atoms with van der Waals surface area (Å²) in [7, 11) is 1.23. The van der Waals surface area contributed by atoms with Gasteiger partial charge >= 0.3 is 6.18 Å². The molecular weight excluding hydrogens is 277 g/mol. The van der Waals surface area contributed by atoms with Crippen molar-refractivity contribution in [2.45, 2.75) is 12.6 Å². The van der Waals surface area contributed by atoms with Gasteiger partial charge in [0.1, 0.15) is 5.69 Å². The van der Waals surface area contributed by atoms with Crippen LogP contribution in [-0.2, 0) is 19.6 Å². The van der Waals surface area contributed by atoms with Crippen LogP contribution in [0, 0.1) is 0 Å². The van der Waals surface area contributed by atoms with Gasteiger partial charge in [-0.05, 0) is 4.48 Å². The van der Waals surface area contributed by atoms with Crippen LogP contribution in [0.1, 0.15) is 11.3 Å². The maximum Gasteiger partial charge on any atom is 0.433 e.